The molecule has 0 aromatic carbocycles. The van der Waals surface area contributed by atoms with Gasteiger partial charge in [0.15, 0.2) is 0 Å². The maximum Gasteiger partial charge on any atom is 0.134 e. The summed E-state index contributed by atoms with van der Waals surface area (Å²) in [7, 11) is 0. The Balaban J connectivity index is 2.47. The number of hydrogen-bond donors (Lipinski definition) is 0. The molecular formula is C7H8O. The van der Waals surface area contributed by atoms with Crippen molar-refractivity contribution in [2.45, 2.75) is 19.3 Å². The first-order valence-corrected chi connectivity index (χ1v) is 2.81. The van der Waals surface area contributed by atoms with Crippen molar-refractivity contribution in [3.05, 3.63) is 0 Å². The van der Waals surface area contributed by atoms with Gasteiger partial charge in [0.1, 0.15) is 5.78 Å². The topological polar surface area (TPSA) is 17.1 Å². The van der Waals surface area contributed by atoms with E-state index in [2.05, 4.69) is 5.92 Å². The molecule has 8 heavy (non-hydrogen) atoms. The highest BCUT2D eigenvalue weighted by molar-refractivity contribution is 5.81. The van der Waals surface area contributed by atoms with Crippen LogP contribution in [0.25, 0.3) is 0 Å². The van der Waals surface area contributed by atoms with E-state index in [0.717, 1.165) is 6.42 Å². The molecule has 0 aliphatic heterocycles. The van der Waals surface area contributed by atoms with Gasteiger partial charge in [0, 0.05) is 18.8 Å². The van der Waals surface area contributed by atoms with Crippen LogP contribution in [0.5, 0.6) is 0 Å². The molecular weight excluding hydrogens is 100 g/mol. The standard InChI is InChI=1S/C7H8O/c1-2-6-3-4-7(8)5-6/h1,6H,3-5H2. The molecule has 1 fully saturated rings. The van der Waals surface area contributed by atoms with Crippen LogP contribution in [0.15, 0.2) is 0 Å². The molecule has 1 heteroatoms. The molecule has 0 heterocycles. The van der Waals surface area contributed by atoms with Crippen molar-refractivity contribution in [3.8, 4) is 12.3 Å². The number of terminal acetylenes is 1. The van der Waals surface area contributed by atoms with E-state index in [1.165, 1.54) is 0 Å². The molecule has 0 radical (unpaired) electrons. The monoisotopic (exact) mass is 108 g/mol. The van der Waals surface area contributed by atoms with Crippen LogP contribution in [0.1, 0.15) is 19.3 Å². The number of hydrogen-bond acceptors (Lipinski definition) is 1. The fraction of sp³-hybridized carbons (Fsp3) is 0.571. The largest absolute Gasteiger partial charge is 0.300 e. The summed E-state index contributed by atoms with van der Waals surface area (Å²) in [5, 5.41) is 0. The van der Waals surface area contributed by atoms with E-state index < -0.39 is 0 Å². The summed E-state index contributed by atoms with van der Waals surface area (Å²) in [6, 6.07) is 0. The lowest BCUT2D eigenvalue weighted by Gasteiger charge is -1.90. The molecule has 42 valence electrons. The molecule has 0 aromatic heterocycles. The lowest BCUT2D eigenvalue weighted by atomic mass is 10.1. The van der Waals surface area contributed by atoms with Gasteiger partial charge in [0.25, 0.3) is 0 Å². The van der Waals surface area contributed by atoms with Crippen LogP contribution in [0.4, 0.5) is 0 Å². The van der Waals surface area contributed by atoms with Crippen LogP contribution in [-0.2, 0) is 4.79 Å². The van der Waals surface area contributed by atoms with Crippen molar-refractivity contribution in [2.75, 3.05) is 0 Å². The summed E-state index contributed by atoms with van der Waals surface area (Å²) in [5.41, 5.74) is 0. The van der Waals surface area contributed by atoms with Crippen molar-refractivity contribution in [1.82, 2.24) is 0 Å². The highest BCUT2D eigenvalue weighted by Crippen LogP contribution is 2.19. The van der Waals surface area contributed by atoms with Gasteiger partial charge in [0.05, 0.1) is 0 Å². The summed E-state index contributed by atoms with van der Waals surface area (Å²) in [4.78, 5) is 10.5. The molecule has 0 N–H and O–H groups in total. The normalized spacial score (nSPS) is 27.9. The smallest absolute Gasteiger partial charge is 0.134 e. The molecule has 0 saturated heterocycles. The third kappa shape index (κ3) is 0.894. The van der Waals surface area contributed by atoms with Gasteiger partial charge in [-0.25, -0.2) is 0 Å². The first-order valence-electron chi connectivity index (χ1n) is 2.81. The van der Waals surface area contributed by atoms with Crippen molar-refractivity contribution < 1.29 is 4.79 Å². The van der Waals surface area contributed by atoms with E-state index in [-0.39, 0.29) is 5.92 Å². The zero-order chi connectivity index (χ0) is 5.98. The van der Waals surface area contributed by atoms with Crippen LogP contribution in [0, 0.1) is 18.3 Å². The number of carbonyl (C=O) groups is 1. The van der Waals surface area contributed by atoms with Crippen molar-refractivity contribution in [2.24, 2.45) is 5.92 Å². The van der Waals surface area contributed by atoms with Crippen LogP contribution >= 0.6 is 0 Å². The molecule has 1 saturated carbocycles. The molecule has 1 unspecified atom stereocenters. The molecule has 1 nitrogen and oxygen atoms in total. The van der Waals surface area contributed by atoms with Crippen LogP contribution in [0.3, 0.4) is 0 Å². The first kappa shape index (κ1) is 5.37. The first-order chi connectivity index (χ1) is 3.83. The Labute approximate surface area is 49.1 Å². The third-order valence-electron chi connectivity index (χ3n) is 1.48. The predicted octanol–water partition coefficient (Wildman–Crippen LogP) is 0.989. The average molecular weight is 108 g/mol. The summed E-state index contributed by atoms with van der Waals surface area (Å²) >= 11 is 0. The molecule has 1 aliphatic rings. The van der Waals surface area contributed by atoms with Crippen molar-refractivity contribution in [3.63, 3.8) is 0 Å². The van der Waals surface area contributed by atoms with E-state index >= 15 is 0 Å². The Morgan fingerprint density at radius 3 is 2.75 bits per heavy atom. The van der Waals surface area contributed by atoms with E-state index in [1.807, 2.05) is 0 Å². The van der Waals surface area contributed by atoms with Gasteiger partial charge in [-0.1, -0.05) is 0 Å². The van der Waals surface area contributed by atoms with Gasteiger partial charge < -0.3 is 0 Å². The van der Waals surface area contributed by atoms with Crippen molar-refractivity contribution >= 4 is 5.78 Å². The predicted molar refractivity (Wildman–Crippen MR) is 31.2 cm³/mol. The summed E-state index contributed by atoms with van der Waals surface area (Å²) in [6.45, 7) is 0. The van der Waals surface area contributed by atoms with Gasteiger partial charge in [0.2, 0.25) is 0 Å². The zero-order valence-corrected chi connectivity index (χ0v) is 4.68. The Hall–Kier alpha value is -0.770. The summed E-state index contributed by atoms with van der Waals surface area (Å²) in [6.07, 6.45) is 7.33. The van der Waals surface area contributed by atoms with E-state index in [0.29, 0.717) is 18.6 Å². The third-order valence-corrected chi connectivity index (χ3v) is 1.48. The van der Waals surface area contributed by atoms with Gasteiger partial charge in [-0.05, 0) is 6.42 Å². The van der Waals surface area contributed by atoms with Gasteiger partial charge >= 0.3 is 0 Å². The second-order valence-electron chi connectivity index (χ2n) is 2.15. The molecule has 0 spiro atoms. The molecule has 1 rings (SSSR count). The number of ketones is 1. The average Bonchev–Trinajstić information content (AvgIpc) is 2.14. The highest BCUT2D eigenvalue weighted by atomic mass is 16.1. The Morgan fingerprint density at radius 2 is 2.50 bits per heavy atom. The maximum absolute atomic E-state index is 10.5. The SMILES string of the molecule is C#CC1CCC(=O)C1. The minimum absolute atomic E-state index is 0.252. The lowest BCUT2D eigenvalue weighted by Crippen LogP contribution is -1.89. The van der Waals surface area contributed by atoms with E-state index in [9.17, 15) is 4.79 Å². The van der Waals surface area contributed by atoms with Gasteiger partial charge in [-0.3, -0.25) is 4.79 Å². The van der Waals surface area contributed by atoms with E-state index in [1.54, 1.807) is 0 Å². The fourth-order valence-corrected chi connectivity index (χ4v) is 0.956. The Morgan fingerprint density at radius 1 is 1.75 bits per heavy atom. The second kappa shape index (κ2) is 2.00. The molecule has 1 atom stereocenters. The molecule has 0 bridgehead atoms. The second-order valence-corrected chi connectivity index (χ2v) is 2.15. The van der Waals surface area contributed by atoms with Crippen molar-refractivity contribution in [1.29, 1.82) is 0 Å². The molecule has 1 aliphatic carbocycles. The number of rotatable bonds is 0. The molecule has 0 amide bonds. The Kier molecular flexibility index (Phi) is 1.34. The van der Waals surface area contributed by atoms with Crippen LogP contribution in [-0.4, -0.2) is 5.78 Å². The Bertz CT molecular complexity index is 141. The highest BCUT2D eigenvalue weighted by Gasteiger charge is 2.18. The minimum atomic E-state index is 0.252. The lowest BCUT2D eigenvalue weighted by molar-refractivity contribution is -0.117. The van der Waals surface area contributed by atoms with Gasteiger partial charge in [-0.2, -0.15) is 0 Å². The minimum Gasteiger partial charge on any atom is -0.300 e. The van der Waals surface area contributed by atoms with E-state index in [4.69, 9.17) is 6.42 Å². The molecule has 0 aromatic rings. The summed E-state index contributed by atoms with van der Waals surface area (Å²) < 4.78 is 0. The fourth-order valence-electron chi connectivity index (χ4n) is 0.956. The maximum atomic E-state index is 10.5. The van der Waals surface area contributed by atoms with Gasteiger partial charge in [-0.15, -0.1) is 12.3 Å². The number of carbonyl (C=O) groups excluding carboxylic acids is 1. The zero-order valence-electron chi connectivity index (χ0n) is 4.68. The quantitative estimate of drug-likeness (QED) is 0.423. The van der Waals surface area contributed by atoms with Crippen LogP contribution in [0.2, 0.25) is 0 Å². The van der Waals surface area contributed by atoms with Crippen LogP contribution < -0.4 is 0 Å². The summed E-state index contributed by atoms with van der Waals surface area (Å²) in [5.74, 6) is 3.15. The number of Topliss-reactive ketones (excluding diaryl/α,β-unsaturated/α-hetero) is 1.